The van der Waals surface area contributed by atoms with E-state index in [0.717, 1.165) is 35.3 Å². The maximum absolute atomic E-state index is 11.1. The molecule has 2 aromatic rings. The first kappa shape index (κ1) is 11.8. The molecular formula is C13H17N3O. The zero-order valence-electron chi connectivity index (χ0n) is 10.7. The molecule has 90 valence electrons. The molecule has 0 aromatic carbocycles. The van der Waals surface area contributed by atoms with Crippen LogP contribution < -0.4 is 0 Å². The molecule has 2 rings (SSSR count). The van der Waals surface area contributed by atoms with E-state index < -0.39 is 0 Å². The van der Waals surface area contributed by atoms with Crippen molar-refractivity contribution < 1.29 is 4.79 Å². The third kappa shape index (κ3) is 1.84. The molecule has 0 radical (unpaired) electrons. The zero-order valence-corrected chi connectivity index (χ0v) is 10.7. The van der Waals surface area contributed by atoms with Crippen molar-refractivity contribution in [2.24, 2.45) is 7.05 Å². The van der Waals surface area contributed by atoms with Crippen LogP contribution in [0, 0.1) is 0 Å². The summed E-state index contributed by atoms with van der Waals surface area (Å²) in [5.41, 5.74) is 2.48. The molecule has 0 aliphatic rings. The lowest BCUT2D eigenvalue weighted by molar-refractivity contribution is 0.112. The Morgan fingerprint density at radius 3 is 2.65 bits per heavy atom. The van der Waals surface area contributed by atoms with Gasteiger partial charge in [0.05, 0.1) is 11.1 Å². The SMILES string of the molecule is CCc1nc(C(C)C)nc2c1c(C=O)cn2C. The van der Waals surface area contributed by atoms with E-state index in [1.165, 1.54) is 0 Å². The number of hydrogen-bond acceptors (Lipinski definition) is 3. The van der Waals surface area contributed by atoms with Gasteiger partial charge in [-0.15, -0.1) is 0 Å². The summed E-state index contributed by atoms with van der Waals surface area (Å²) in [6, 6.07) is 0. The molecule has 0 unspecified atom stereocenters. The van der Waals surface area contributed by atoms with Gasteiger partial charge in [0.25, 0.3) is 0 Å². The minimum Gasteiger partial charge on any atom is -0.335 e. The highest BCUT2D eigenvalue weighted by molar-refractivity contribution is 5.97. The van der Waals surface area contributed by atoms with Crippen LogP contribution in [0.1, 0.15) is 48.6 Å². The van der Waals surface area contributed by atoms with Gasteiger partial charge in [0, 0.05) is 24.7 Å². The molecule has 0 N–H and O–H groups in total. The van der Waals surface area contributed by atoms with Gasteiger partial charge in [-0.05, 0) is 6.42 Å². The lowest BCUT2D eigenvalue weighted by Crippen LogP contribution is -2.03. The molecule has 0 saturated heterocycles. The fraction of sp³-hybridized carbons (Fsp3) is 0.462. The Hall–Kier alpha value is -1.71. The van der Waals surface area contributed by atoms with E-state index in [0.29, 0.717) is 11.5 Å². The summed E-state index contributed by atoms with van der Waals surface area (Å²) in [5, 5.41) is 0.898. The molecular weight excluding hydrogens is 214 g/mol. The highest BCUT2D eigenvalue weighted by Gasteiger charge is 2.15. The van der Waals surface area contributed by atoms with Gasteiger partial charge in [0.15, 0.2) is 6.29 Å². The maximum atomic E-state index is 11.1. The van der Waals surface area contributed by atoms with Crippen molar-refractivity contribution in [2.45, 2.75) is 33.1 Å². The van der Waals surface area contributed by atoms with Crippen molar-refractivity contribution in [2.75, 3.05) is 0 Å². The number of carbonyl (C=O) groups excluding carboxylic acids is 1. The summed E-state index contributed by atoms with van der Waals surface area (Å²) in [5.74, 6) is 1.13. The number of hydrogen-bond donors (Lipinski definition) is 0. The Labute approximate surface area is 101 Å². The van der Waals surface area contributed by atoms with E-state index in [2.05, 4.69) is 23.8 Å². The van der Waals surface area contributed by atoms with Gasteiger partial charge in [0.2, 0.25) is 0 Å². The average Bonchev–Trinajstić information content (AvgIpc) is 2.65. The number of rotatable bonds is 3. The number of aryl methyl sites for hydroxylation is 2. The lowest BCUT2D eigenvalue weighted by Gasteiger charge is -2.08. The van der Waals surface area contributed by atoms with E-state index in [4.69, 9.17) is 0 Å². The number of carbonyl (C=O) groups is 1. The fourth-order valence-electron chi connectivity index (χ4n) is 2.00. The van der Waals surface area contributed by atoms with Crippen LogP contribution in [-0.4, -0.2) is 20.8 Å². The van der Waals surface area contributed by atoms with E-state index in [1.54, 1.807) is 0 Å². The molecule has 2 heterocycles. The first-order chi connectivity index (χ1) is 8.08. The maximum Gasteiger partial charge on any atom is 0.152 e. The minimum atomic E-state index is 0.291. The van der Waals surface area contributed by atoms with E-state index >= 15 is 0 Å². The van der Waals surface area contributed by atoms with Gasteiger partial charge >= 0.3 is 0 Å². The third-order valence-electron chi connectivity index (χ3n) is 2.92. The van der Waals surface area contributed by atoms with Crippen molar-refractivity contribution in [3.05, 3.63) is 23.3 Å². The highest BCUT2D eigenvalue weighted by atomic mass is 16.1. The van der Waals surface area contributed by atoms with Gasteiger partial charge in [-0.3, -0.25) is 4.79 Å². The van der Waals surface area contributed by atoms with Crippen molar-refractivity contribution in [3.8, 4) is 0 Å². The summed E-state index contributed by atoms with van der Waals surface area (Å²) in [6.07, 6.45) is 3.50. The predicted molar refractivity (Wildman–Crippen MR) is 67.4 cm³/mol. The van der Waals surface area contributed by atoms with Crippen LogP contribution in [0.5, 0.6) is 0 Å². The lowest BCUT2D eigenvalue weighted by atomic mass is 10.1. The van der Waals surface area contributed by atoms with Gasteiger partial charge in [-0.1, -0.05) is 20.8 Å². The number of aromatic nitrogens is 3. The van der Waals surface area contributed by atoms with Crippen LogP contribution in [0.4, 0.5) is 0 Å². The number of nitrogens with zero attached hydrogens (tertiary/aromatic N) is 3. The van der Waals surface area contributed by atoms with Crippen molar-refractivity contribution in [3.63, 3.8) is 0 Å². The molecule has 0 aliphatic carbocycles. The average molecular weight is 231 g/mol. The van der Waals surface area contributed by atoms with Gasteiger partial charge in [-0.25, -0.2) is 9.97 Å². The smallest absolute Gasteiger partial charge is 0.152 e. The molecule has 17 heavy (non-hydrogen) atoms. The molecule has 0 aliphatic heterocycles. The molecule has 4 nitrogen and oxygen atoms in total. The molecule has 4 heteroatoms. The Morgan fingerprint density at radius 2 is 2.12 bits per heavy atom. The summed E-state index contributed by atoms with van der Waals surface area (Å²) in [7, 11) is 1.91. The minimum absolute atomic E-state index is 0.291. The zero-order chi connectivity index (χ0) is 12.6. The number of aldehydes is 1. The highest BCUT2D eigenvalue weighted by Crippen LogP contribution is 2.23. The molecule has 0 spiro atoms. The first-order valence-electron chi connectivity index (χ1n) is 5.89. The van der Waals surface area contributed by atoms with Crippen LogP contribution in [0.3, 0.4) is 0 Å². The van der Waals surface area contributed by atoms with Crippen molar-refractivity contribution >= 4 is 17.3 Å². The van der Waals surface area contributed by atoms with E-state index in [9.17, 15) is 4.79 Å². The van der Waals surface area contributed by atoms with E-state index in [-0.39, 0.29) is 0 Å². The monoisotopic (exact) mass is 231 g/mol. The Bertz CT molecular complexity index is 570. The second-order valence-electron chi connectivity index (χ2n) is 4.55. The van der Waals surface area contributed by atoms with Crippen LogP contribution >= 0.6 is 0 Å². The van der Waals surface area contributed by atoms with Gasteiger partial charge in [0.1, 0.15) is 11.5 Å². The van der Waals surface area contributed by atoms with Crippen molar-refractivity contribution in [1.82, 2.24) is 14.5 Å². The first-order valence-corrected chi connectivity index (χ1v) is 5.89. The van der Waals surface area contributed by atoms with Gasteiger partial charge in [-0.2, -0.15) is 0 Å². The topological polar surface area (TPSA) is 47.8 Å². The molecule has 0 saturated carbocycles. The summed E-state index contributed by atoms with van der Waals surface area (Å²) < 4.78 is 1.89. The standard InChI is InChI=1S/C13H17N3O/c1-5-10-11-9(7-17)6-16(4)13(11)15-12(14-10)8(2)3/h6-8H,5H2,1-4H3. The van der Waals surface area contributed by atoms with Crippen LogP contribution in [0.2, 0.25) is 0 Å². The molecule has 0 bridgehead atoms. The third-order valence-corrected chi connectivity index (χ3v) is 2.92. The molecule has 0 atom stereocenters. The molecule has 2 aromatic heterocycles. The van der Waals surface area contributed by atoms with Crippen molar-refractivity contribution in [1.29, 1.82) is 0 Å². The molecule has 0 amide bonds. The Balaban J connectivity index is 2.84. The summed E-state index contributed by atoms with van der Waals surface area (Å²) >= 11 is 0. The Kier molecular flexibility index (Phi) is 2.96. The van der Waals surface area contributed by atoms with Crippen LogP contribution in [0.15, 0.2) is 6.20 Å². The Morgan fingerprint density at radius 1 is 1.41 bits per heavy atom. The largest absolute Gasteiger partial charge is 0.335 e. The fourth-order valence-corrected chi connectivity index (χ4v) is 2.00. The summed E-state index contributed by atoms with van der Waals surface area (Å²) in [6.45, 7) is 6.20. The van der Waals surface area contributed by atoms with E-state index in [1.807, 2.05) is 24.7 Å². The predicted octanol–water partition coefficient (Wildman–Crippen LogP) is 2.47. The van der Waals surface area contributed by atoms with Crippen LogP contribution in [0.25, 0.3) is 11.0 Å². The second kappa shape index (κ2) is 4.28. The number of fused-ring (bicyclic) bond motifs is 1. The molecule has 0 fully saturated rings. The quantitative estimate of drug-likeness (QED) is 0.762. The van der Waals surface area contributed by atoms with Crippen LogP contribution in [-0.2, 0) is 13.5 Å². The second-order valence-corrected chi connectivity index (χ2v) is 4.55. The summed E-state index contributed by atoms with van der Waals surface area (Å²) in [4.78, 5) is 20.2. The normalized spacial score (nSPS) is 11.4. The van der Waals surface area contributed by atoms with Gasteiger partial charge < -0.3 is 4.57 Å².